The van der Waals surface area contributed by atoms with E-state index < -0.39 is 0 Å². The summed E-state index contributed by atoms with van der Waals surface area (Å²) in [7, 11) is 0. The van der Waals surface area contributed by atoms with E-state index in [1.807, 2.05) is 71.8 Å². The van der Waals surface area contributed by atoms with Gasteiger partial charge in [-0.15, -0.1) is 0 Å². The van der Waals surface area contributed by atoms with Crippen LogP contribution >= 0.6 is 11.6 Å². The summed E-state index contributed by atoms with van der Waals surface area (Å²) in [4.78, 5) is 27.1. The molecule has 0 saturated carbocycles. The predicted octanol–water partition coefficient (Wildman–Crippen LogP) is 4.81. The van der Waals surface area contributed by atoms with Gasteiger partial charge in [-0.2, -0.15) is 0 Å². The number of carbonyl (C=O) groups excluding carboxylic acids is 1. The van der Waals surface area contributed by atoms with Crippen LogP contribution in [0.4, 0.5) is 0 Å². The van der Waals surface area contributed by atoms with Gasteiger partial charge in [0.05, 0.1) is 29.9 Å². The first kappa shape index (κ1) is 20.7. The summed E-state index contributed by atoms with van der Waals surface area (Å²) in [5, 5.41) is 0.694. The number of imidazole rings is 1. The maximum absolute atomic E-state index is 12.8. The monoisotopic (exact) mass is 446 g/mol. The van der Waals surface area contributed by atoms with Crippen molar-refractivity contribution in [2.24, 2.45) is 0 Å². The van der Waals surface area contributed by atoms with Crippen LogP contribution < -0.4 is 0 Å². The minimum Gasteiger partial charge on any atom is -0.368 e. The third-order valence-electron chi connectivity index (χ3n) is 5.71. The van der Waals surface area contributed by atoms with Gasteiger partial charge in [0.25, 0.3) is 0 Å². The van der Waals surface area contributed by atoms with Crippen LogP contribution in [0.25, 0.3) is 22.2 Å². The highest BCUT2D eigenvalue weighted by molar-refractivity contribution is 6.30. The first-order valence-electron chi connectivity index (χ1n) is 10.7. The number of rotatable bonds is 5. The molecule has 0 bridgehead atoms. The van der Waals surface area contributed by atoms with Gasteiger partial charge in [-0.05, 0) is 35.9 Å². The zero-order chi connectivity index (χ0) is 21.9. The van der Waals surface area contributed by atoms with Gasteiger partial charge >= 0.3 is 0 Å². The van der Waals surface area contributed by atoms with Crippen molar-refractivity contribution in [3.8, 4) is 11.1 Å². The van der Waals surface area contributed by atoms with Crippen molar-refractivity contribution in [1.82, 2.24) is 19.9 Å². The van der Waals surface area contributed by atoms with Crippen molar-refractivity contribution in [2.45, 2.75) is 18.9 Å². The number of carbonyl (C=O) groups is 1. The zero-order valence-corrected chi connectivity index (χ0v) is 18.3. The number of fused-ring (bicyclic) bond motifs is 1. The quantitative estimate of drug-likeness (QED) is 0.477. The Hall–Kier alpha value is -3.22. The van der Waals surface area contributed by atoms with Crippen molar-refractivity contribution in [2.75, 3.05) is 19.7 Å². The van der Waals surface area contributed by atoms with Gasteiger partial charge < -0.3 is 14.6 Å². The second-order valence-electron chi connectivity index (χ2n) is 7.88. The number of nitrogens with one attached hydrogen (secondary N) is 1. The van der Waals surface area contributed by atoms with Gasteiger partial charge in [-0.1, -0.05) is 41.9 Å². The molecule has 1 fully saturated rings. The maximum Gasteiger partial charge on any atom is 0.223 e. The number of hydrogen-bond donors (Lipinski definition) is 1. The van der Waals surface area contributed by atoms with Gasteiger partial charge in [-0.3, -0.25) is 9.78 Å². The smallest absolute Gasteiger partial charge is 0.223 e. The Kier molecular flexibility index (Phi) is 5.88. The lowest BCUT2D eigenvalue weighted by molar-refractivity contribution is -0.139. The van der Waals surface area contributed by atoms with Crippen LogP contribution in [-0.2, 0) is 16.0 Å². The van der Waals surface area contributed by atoms with E-state index in [4.69, 9.17) is 16.3 Å². The number of ether oxygens (including phenoxy) is 1. The summed E-state index contributed by atoms with van der Waals surface area (Å²) in [6, 6.07) is 19.6. The van der Waals surface area contributed by atoms with E-state index >= 15 is 0 Å². The Morgan fingerprint density at radius 1 is 1.12 bits per heavy atom. The third-order valence-corrected chi connectivity index (χ3v) is 5.94. The number of H-pyrrole nitrogens is 1. The molecule has 0 radical (unpaired) electrons. The first-order valence-corrected chi connectivity index (χ1v) is 11.1. The van der Waals surface area contributed by atoms with Crippen LogP contribution in [0, 0.1) is 0 Å². The van der Waals surface area contributed by atoms with E-state index in [9.17, 15) is 4.79 Å². The molecule has 7 heteroatoms. The van der Waals surface area contributed by atoms with Crippen LogP contribution in [0.5, 0.6) is 0 Å². The highest BCUT2D eigenvalue weighted by atomic mass is 35.5. The number of aromatic amines is 1. The lowest BCUT2D eigenvalue weighted by Crippen LogP contribution is -2.42. The number of morpholine rings is 1. The third kappa shape index (κ3) is 4.52. The van der Waals surface area contributed by atoms with Crippen molar-refractivity contribution in [1.29, 1.82) is 0 Å². The summed E-state index contributed by atoms with van der Waals surface area (Å²) in [5.41, 5.74) is 4.75. The molecule has 32 heavy (non-hydrogen) atoms. The average molecular weight is 447 g/mol. The zero-order valence-electron chi connectivity index (χ0n) is 17.5. The summed E-state index contributed by atoms with van der Waals surface area (Å²) >= 11 is 6.10. The van der Waals surface area contributed by atoms with Gasteiger partial charge in [0.15, 0.2) is 0 Å². The molecule has 1 aliphatic heterocycles. The molecule has 3 heterocycles. The normalized spacial score (nSPS) is 16.4. The highest BCUT2D eigenvalue weighted by Gasteiger charge is 2.26. The summed E-state index contributed by atoms with van der Waals surface area (Å²) in [6.45, 7) is 1.59. The first-order chi connectivity index (χ1) is 15.7. The van der Waals surface area contributed by atoms with Crippen molar-refractivity contribution in [3.63, 3.8) is 0 Å². The molecule has 6 nitrogen and oxygen atoms in total. The molecule has 2 aromatic carbocycles. The molecule has 1 atom stereocenters. The van der Waals surface area contributed by atoms with Crippen LogP contribution in [-0.4, -0.2) is 45.5 Å². The number of aryl methyl sites for hydroxylation is 1. The van der Waals surface area contributed by atoms with E-state index in [-0.39, 0.29) is 12.0 Å². The molecule has 2 aromatic heterocycles. The molecule has 1 N–H and O–H groups in total. The van der Waals surface area contributed by atoms with E-state index in [0.717, 1.165) is 33.7 Å². The van der Waals surface area contributed by atoms with Crippen LogP contribution in [0.1, 0.15) is 24.0 Å². The lowest BCUT2D eigenvalue weighted by Gasteiger charge is -2.32. The van der Waals surface area contributed by atoms with Crippen LogP contribution in [0.3, 0.4) is 0 Å². The van der Waals surface area contributed by atoms with Crippen LogP contribution in [0.2, 0.25) is 5.02 Å². The van der Waals surface area contributed by atoms with Crippen molar-refractivity contribution in [3.05, 3.63) is 83.4 Å². The number of hydrogen-bond acceptors (Lipinski definition) is 4. The number of benzene rings is 2. The summed E-state index contributed by atoms with van der Waals surface area (Å²) < 4.78 is 5.92. The van der Waals surface area contributed by atoms with Crippen molar-refractivity contribution >= 4 is 28.5 Å². The molecule has 162 valence electrons. The number of nitrogens with zero attached hydrogens (tertiary/aromatic N) is 3. The SMILES string of the molecule is O=C(CCc1nc2ccccc2[nH]1)N1CCO[C@H](c2ccc(-c3cccc(Cl)c3)cn2)C1. The minimum atomic E-state index is -0.229. The van der Waals surface area contributed by atoms with E-state index in [1.54, 1.807) is 0 Å². The fraction of sp³-hybridized carbons (Fsp3) is 0.240. The fourth-order valence-corrected chi connectivity index (χ4v) is 4.19. The molecular weight excluding hydrogens is 424 g/mol. The van der Waals surface area contributed by atoms with E-state index in [2.05, 4.69) is 15.0 Å². The summed E-state index contributed by atoms with van der Waals surface area (Å²) in [5.74, 6) is 0.942. The highest BCUT2D eigenvalue weighted by Crippen LogP contribution is 2.26. The van der Waals surface area contributed by atoms with Crippen molar-refractivity contribution < 1.29 is 9.53 Å². The van der Waals surface area contributed by atoms with E-state index in [1.165, 1.54) is 0 Å². The molecule has 1 saturated heterocycles. The van der Waals surface area contributed by atoms with Gasteiger partial charge in [-0.25, -0.2) is 4.98 Å². The maximum atomic E-state index is 12.8. The summed E-state index contributed by atoms with van der Waals surface area (Å²) in [6.07, 6.45) is 2.59. The Labute approximate surface area is 191 Å². The van der Waals surface area contributed by atoms with Gasteiger partial charge in [0, 0.05) is 36.2 Å². The molecule has 0 aliphatic carbocycles. The fourth-order valence-electron chi connectivity index (χ4n) is 4.00. The topological polar surface area (TPSA) is 71.1 Å². The number of halogens is 1. The molecular formula is C25H23ClN4O2. The Balaban J connectivity index is 1.21. The van der Waals surface area contributed by atoms with Gasteiger partial charge in [0.1, 0.15) is 11.9 Å². The lowest BCUT2D eigenvalue weighted by atomic mass is 10.1. The Morgan fingerprint density at radius 3 is 2.84 bits per heavy atom. The Bertz CT molecular complexity index is 1210. The number of para-hydroxylation sites is 2. The second kappa shape index (κ2) is 9.10. The molecule has 0 spiro atoms. The molecule has 1 aliphatic rings. The largest absolute Gasteiger partial charge is 0.368 e. The average Bonchev–Trinajstić information content (AvgIpc) is 3.26. The second-order valence-corrected chi connectivity index (χ2v) is 8.32. The van der Waals surface area contributed by atoms with Crippen LogP contribution in [0.15, 0.2) is 66.9 Å². The number of aromatic nitrogens is 3. The Morgan fingerprint density at radius 2 is 2.03 bits per heavy atom. The minimum absolute atomic E-state index is 0.106. The molecule has 1 amide bonds. The molecule has 4 aromatic rings. The number of amides is 1. The molecule has 5 rings (SSSR count). The van der Waals surface area contributed by atoms with E-state index in [0.29, 0.717) is 37.6 Å². The molecule has 0 unspecified atom stereocenters. The van der Waals surface area contributed by atoms with Gasteiger partial charge in [0.2, 0.25) is 5.91 Å². The standard InChI is InChI=1S/C25H23ClN4O2/c26-19-5-3-4-17(14-19)18-8-9-22(27-15-18)23-16-30(12-13-32-23)25(31)11-10-24-28-20-6-1-2-7-21(20)29-24/h1-9,14-15,23H,10-13,16H2,(H,28,29)/t23-/m0/s1. The number of pyridine rings is 1. The predicted molar refractivity (Wildman–Crippen MR) is 124 cm³/mol.